The highest BCUT2D eigenvalue weighted by atomic mass is 16.5. The number of rotatable bonds is 4. The van der Waals surface area contributed by atoms with E-state index in [0.717, 1.165) is 31.6 Å². The molecule has 2 aromatic rings. The Morgan fingerprint density at radius 1 is 1.27 bits per heavy atom. The topological polar surface area (TPSA) is 81.4 Å². The van der Waals surface area contributed by atoms with Gasteiger partial charge >= 0.3 is 0 Å². The number of piperidine rings is 1. The van der Waals surface area contributed by atoms with Crippen LogP contribution in [0.5, 0.6) is 0 Å². The highest BCUT2D eigenvalue weighted by Crippen LogP contribution is 2.36. The van der Waals surface area contributed by atoms with Crippen molar-refractivity contribution in [2.45, 2.75) is 31.3 Å². The summed E-state index contributed by atoms with van der Waals surface area (Å²) in [4.78, 5) is 32.7. The van der Waals surface area contributed by atoms with Crippen LogP contribution in [0.25, 0.3) is 11.4 Å². The highest BCUT2D eigenvalue weighted by molar-refractivity contribution is 5.82. The number of amides is 1. The average Bonchev–Trinajstić information content (AvgIpc) is 3.38. The Labute approximate surface area is 175 Å². The molecule has 2 saturated heterocycles. The molecule has 0 aliphatic carbocycles. The Morgan fingerprint density at radius 2 is 2.13 bits per heavy atom. The van der Waals surface area contributed by atoms with Gasteiger partial charge in [0.1, 0.15) is 5.82 Å². The fourth-order valence-electron chi connectivity index (χ4n) is 5.50. The minimum absolute atomic E-state index is 0.0242. The fourth-order valence-corrected chi connectivity index (χ4v) is 5.50. The molecule has 2 bridgehead atoms. The summed E-state index contributed by atoms with van der Waals surface area (Å²) in [5.74, 6) is 1.81. The van der Waals surface area contributed by atoms with Crippen LogP contribution in [0.2, 0.25) is 0 Å². The van der Waals surface area contributed by atoms with Crippen LogP contribution in [-0.2, 0) is 23.1 Å². The van der Waals surface area contributed by atoms with Crippen molar-refractivity contribution in [3.63, 3.8) is 0 Å². The van der Waals surface area contributed by atoms with Crippen molar-refractivity contribution in [1.82, 2.24) is 24.3 Å². The first kappa shape index (κ1) is 19.5. The zero-order valence-corrected chi connectivity index (χ0v) is 17.6. The molecule has 3 aliphatic heterocycles. The number of likely N-dealkylation sites (tertiary alicyclic amines) is 1. The Morgan fingerprint density at radius 3 is 2.90 bits per heavy atom. The number of methoxy groups -OCH3 is 1. The number of aryl methyl sites for hydroxylation is 1. The molecule has 8 heteroatoms. The van der Waals surface area contributed by atoms with Gasteiger partial charge in [-0.25, -0.2) is 4.98 Å². The van der Waals surface area contributed by atoms with E-state index in [-0.39, 0.29) is 23.4 Å². The standard InChI is InChI=1S/C22H29N5O3/c1-25-6-5-23-20(25)17-3-4-19-16-7-15(11-27(19)21(17)28)10-26(12-16)22(29)18-8-14(9-24-18)13-30-2/h3-6,14-16,18,24H,7-13H2,1-2H3/t14-,15-,16+,18-/m0/s1. The zero-order chi connectivity index (χ0) is 20.8. The number of hydrogen-bond donors (Lipinski definition) is 1. The van der Waals surface area contributed by atoms with Crippen molar-refractivity contribution in [3.8, 4) is 11.4 Å². The monoisotopic (exact) mass is 411 g/mol. The molecular weight excluding hydrogens is 382 g/mol. The van der Waals surface area contributed by atoms with Crippen LogP contribution < -0.4 is 10.9 Å². The van der Waals surface area contributed by atoms with Crippen molar-refractivity contribution in [1.29, 1.82) is 0 Å². The Bertz CT molecular complexity index is 1010. The van der Waals surface area contributed by atoms with Gasteiger partial charge in [0.25, 0.3) is 5.56 Å². The lowest BCUT2D eigenvalue weighted by atomic mass is 9.82. The van der Waals surface area contributed by atoms with Crippen LogP contribution in [0.1, 0.15) is 24.5 Å². The van der Waals surface area contributed by atoms with Gasteiger partial charge in [0.15, 0.2) is 0 Å². The number of hydrogen-bond acceptors (Lipinski definition) is 5. The van der Waals surface area contributed by atoms with E-state index < -0.39 is 0 Å². The second-order valence-corrected chi connectivity index (χ2v) is 9.01. The van der Waals surface area contributed by atoms with Crippen LogP contribution >= 0.6 is 0 Å². The lowest BCUT2D eigenvalue weighted by Crippen LogP contribution is -2.53. The molecule has 5 rings (SSSR count). The number of pyridine rings is 1. The molecule has 3 aliphatic rings. The largest absolute Gasteiger partial charge is 0.384 e. The van der Waals surface area contributed by atoms with Gasteiger partial charge in [0.05, 0.1) is 18.2 Å². The van der Waals surface area contributed by atoms with E-state index >= 15 is 0 Å². The molecule has 8 nitrogen and oxygen atoms in total. The summed E-state index contributed by atoms with van der Waals surface area (Å²) in [6.07, 6.45) is 5.44. The molecule has 1 N–H and O–H groups in total. The van der Waals surface area contributed by atoms with Gasteiger partial charge in [-0.1, -0.05) is 0 Å². The Kier molecular flexibility index (Phi) is 4.99. The van der Waals surface area contributed by atoms with Crippen molar-refractivity contribution in [3.05, 3.63) is 40.6 Å². The van der Waals surface area contributed by atoms with E-state index in [1.807, 2.05) is 33.3 Å². The zero-order valence-electron chi connectivity index (χ0n) is 17.6. The van der Waals surface area contributed by atoms with Gasteiger partial charge in [-0.05, 0) is 36.8 Å². The second-order valence-electron chi connectivity index (χ2n) is 9.01. The summed E-state index contributed by atoms with van der Waals surface area (Å²) in [5, 5.41) is 3.38. The van der Waals surface area contributed by atoms with Crippen molar-refractivity contribution in [2.24, 2.45) is 18.9 Å². The van der Waals surface area contributed by atoms with E-state index in [1.54, 1.807) is 13.3 Å². The number of aromatic nitrogens is 3. The normalized spacial score (nSPS) is 27.9. The van der Waals surface area contributed by atoms with Crippen molar-refractivity contribution < 1.29 is 9.53 Å². The van der Waals surface area contributed by atoms with Crippen molar-refractivity contribution >= 4 is 5.91 Å². The quantitative estimate of drug-likeness (QED) is 0.806. The predicted octanol–water partition coefficient (Wildman–Crippen LogP) is 0.819. The lowest BCUT2D eigenvalue weighted by Gasteiger charge is -2.43. The molecule has 4 atom stereocenters. The van der Waals surface area contributed by atoms with E-state index in [0.29, 0.717) is 42.9 Å². The lowest BCUT2D eigenvalue weighted by molar-refractivity contribution is -0.135. The number of fused-ring (bicyclic) bond motifs is 4. The molecule has 0 radical (unpaired) electrons. The fraction of sp³-hybridized carbons (Fsp3) is 0.591. The summed E-state index contributed by atoms with van der Waals surface area (Å²) in [6.45, 7) is 3.59. The molecule has 1 amide bonds. The number of imidazole rings is 1. The second kappa shape index (κ2) is 7.67. The van der Waals surface area contributed by atoms with Gasteiger partial charge in [-0.15, -0.1) is 0 Å². The summed E-state index contributed by atoms with van der Waals surface area (Å²) in [5.41, 5.74) is 1.71. The smallest absolute Gasteiger partial charge is 0.261 e. The first-order valence-electron chi connectivity index (χ1n) is 10.8. The molecule has 5 heterocycles. The highest BCUT2D eigenvalue weighted by Gasteiger charge is 2.40. The third kappa shape index (κ3) is 3.28. The van der Waals surface area contributed by atoms with Crippen LogP contribution in [0.15, 0.2) is 29.3 Å². The molecule has 2 fully saturated rings. The third-order valence-corrected chi connectivity index (χ3v) is 6.90. The number of carbonyl (C=O) groups excluding carboxylic acids is 1. The maximum Gasteiger partial charge on any atom is 0.261 e. The van der Waals surface area contributed by atoms with E-state index in [2.05, 4.69) is 16.4 Å². The van der Waals surface area contributed by atoms with Gasteiger partial charge < -0.3 is 24.1 Å². The summed E-state index contributed by atoms with van der Waals surface area (Å²) in [7, 11) is 3.61. The molecule has 160 valence electrons. The van der Waals surface area contributed by atoms with Gasteiger partial charge in [-0.2, -0.15) is 0 Å². The number of nitrogens with zero attached hydrogens (tertiary/aromatic N) is 4. The molecule has 2 aromatic heterocycles. The minimum atomic E-state index is -0.114. The minimum Gasteiger partial charge on any atom is -0.384 e. The van der Waals surface area contributed by atoms with E-state index in [4.69, 9.17) is 4.74 Å². The van der Waals surface area contributed by atoms with E-state index in [1.165, 1.54) is 0 Å². The summed E-state index contributed by atoms with van der Waals surface area (Å²) >= 11 is 0. The number of nitrogens with one attached hydrogen (secondary N) is 1. The number of ether oxygens (including phenoxy) is 1. The van der Waals surface area contributed by atoms with Gasteiger partial charge in [0.2, 0.25) is 5.91 Å². The van der Waals surface area contributed by atoms with Crippen LogP contribution in [0, 0.1) is 11.8 Å². The van der Waals surface area contributed by atoms with Crippen LogP contribution in [0.3, 0.4) is 0 Å². The van der Waals surface area contributed by atoms with Gasteiger partial charge in [0, 0.05) is 64.3 Å². The molecule has 0 saturated carbocycles. The number of carbonyl (C=O) groups is 1. The Balaban J connectivity index is 1.37. The molecule has 0 spiro atoms. The SMILES string of the molecule is COC[C@@H]1CN[C@H](C(=O)N2C[C@@H]3C[C@H](C2)c2ccc(-c4nccn4C)c(=O)n2C3)C1. The van der Waals surface area contributed by atoms with Gasteiger partial charge in [-0.3, -0.25) is 9.59 Å². The molecular formula is C22H29N5O3. The summed E-state index contributed by atoms with van der Waals surface area (Å²) in [6, 6.07) is 3.84. The molecule has 30 heavy (non-hydrogen) atoms. The first-order chi connectivity index (χ1) is 14.5. The predicted molar refractivity (Wildman–Crippen MR) is 112 cm³/mol. The molecule has 0 aromatic carbocycles. The van der Waals surface area contributed by atoms with Crippen molar-refractivity contribution in [2.75, 3.05) is 33.4 Å². The van der Waals surface area contributed by atoms with E-state index in [9.17, 15) is 9.59 Å². The maximum absolute atomic E-state index is 13.2. The van der Waals surface area contributed by atoms with Crippen LogP contribution in [0.4, 0.5) is 0 Å². The molecule has 0 unspecified atom stereocenters. The average molecular weight is 412 g/mol. The maximum atomic E-state index is 13.2. The van der Waals surface area contributed by atoms with Crippen LogP contribution in [-0.4, -0.2) is 64.3 Å². The Hall–Kier alpha value is -2.45. The first-order valence-corrected chi connectivity index (χ1v) is 10.8. The third-order valence-electron chi connectivity index (χ3n) is 6.90. The summed E-state index contributed by atoms with van der Waals surface area (Å²) < 4.78 is 9.05.